The lowest BCUT2D eigenvalue weighted by Crippen LogP contribution is -2.54. The number of rotatable bonds is 4. The van der Waals surface area contributed by atoms with Crippen LogP contribution in [0.5, 0.6) is 0 Å². The largest absolute Gasteiger partial charge is 0.376 e. The van der Waals surface area contributed by atoms with Crippen LogP contribution < -0.4 is 5.73 Å². The van der Waals surface area contributed by atoms with Crippen LogP contribution in [0.3, 0.4) is 0 Å². The van der Waals surface area contributed by atoms with Crippen molar-refractivity contribution in [2.75, 3.05) is 19.7 Å². The van der Waals surface area contributed by atoms with E-state index in [1.807, 2.05) is 13.8 Å². The Hall–Kier alpha value is -0.160. The Balaban J connectivity index is 2.37. The summed E-state index contributed by atoms with van der Waals surface area (Å²) >= 11 is 0. The highest BCUT2D eigenvalue weighted by Crippen LogP contribution is 2.12. The van der Waals surface area contributed by atoms with E-state index in [2.05, 4.69) is 18.7 Å². The molecule has 1 saturated heterocycles. The third-order valence-corrected chi connectivity index (χ3v) is 2.57. The summed E-state index contributed by atoms with van der Waals surface area (Å²) in [7, 11) is 0. The first-order valence-corrected chi connectivity index (χ1v) is 5.75. The Morgan fingerprint density at radius 3 is 2.53 bits per heavy atom. The van der Waals surface area contributed by atoms with Gasteiger partial charge in [-0.15, -0.1) is 0 Å². The maximum Gasteiger partial charge on any atom is 0.119 e. The molecule has 1 heterocycles. The Morgan fingerprint density at radius 2 is 2.00 bits per heavy atom. The number of nitrogens with two attached hydrogens (primary N) is 1. The van der Waals surface area contributed by atoms with Crippen molar-refractivity contribution in [3.63, 3.8) is 0 Å². The lowest BCUT2D eigenvalue weighted by molar-refractivity contribution is -0.123. The van der Waals surface area contributed by atoms with E-state index in [0.717, 1.165) is 13.1 Å². The topological polar surface area (TPSA) is 47.7 Å². The van der Waals surface area contributed by atoms with Crippen molar-refractivity contribution in [2.45, 2.75) is 52.2 Å². The van der Waals surface area contributed by atoms with Crippen LogP contribution in [0.1, 0.15) is 27.7 Å². The first-order valence-electron chi connectivity index (χ1n) is 5.75. The van der Waals surface area contributed by atoms with E-state index < -0.39 is 0 Å². The van der Waals surface area contributed by atoms with Gasteiger partial charge in [-0.05, 0) is 27.7 Å². The van der Waals surface area contributed by atoms with Gasteiger partial charge in [0.25, 0.3) is 0 Å². The van der Waals surface area contributed by atoms with Crippen molar-refractivity contribution in [3.8, 4) is 0 Å². The fourth-order valence-electron chi connectivity index (χ4n) is 1.71. The molecule has 0 spiro atoms. The minimum absolute atomic E-state index is 0.110. The quantitative estimate of drug-likeness (QED) is 0.755. The SMILES string of the molecule is CC(C)OCC1CN(C(C)C)CC(N)O1. The highest BCUT2D eigenvalue weighted by atomic mass is 16.5. The van der Waals surface area contributed by atoms with E-state index in [0.29, 0.717) is 12.6 Å². The molecule has 0 aromatic rings. The summed E-state index contributed by atoms with van der Waals surface area (Å²) in [4.78, 5) is 2.34. The van der Waals surface area contributed by atoms with Crippen LogP contribution in [0.25, 0.3) is 0 Å². The van der Waals surface area contributed by atoms with Gasteiger partial charge in [0.2, 0.25) is 0 Å². The summed E-state index contributed by atoms with van der Waals surface area (Å²) in [6, 6.07) is 0.515. The molecule has 4 heteroatoms. The molecule has 2 N–H and O–H groups in total. The van der Waals surface area contributed by atoms with Gasteiger partial charge in [0, 0.05) is 19.1 Å². The van der Waals surface area contributed by atoms with Gasteiger partial charge in [-0.1, -0.05) is 0 Å². The Labute approximate surface area is 92.7 Å². The van der Waals surface area contributed by atoms with Crippen LogP contribution in [0.15, 0.2) is 0 Å². The van der Waals surface area contributed by atoms with Gasteiger partial charge >= 0.3 is 0 Å². The Bertz CT molecular complexity index is 185. The van der Waals surface area contributed by atoms with Crippen LogP contribution in [-0.4, -0.2) is 49.1 Å². The average molecular weight is 216 g/mol. The van der Waals surface area contributed by atoms with Crippen molar-refractivity contribution < 1.29 is 9.47 Å². The molecule has 0 bridgehead atoms. The fourth-order valence-corrected chi connectivity index (χ4v) is 1.71. The summed E-state index contributed by atoms with van der Waals surface area (Å²) < 4.78 is 11.2. The standard InChI is InChI=1S/C11H24N2O2/c1-8(2)13-5-10(7-14-9(3)4)15-11(12)6-13/h8-11H,5-7,12H2,1-4H3. The molecule has 1 rings (SSSR count). The predicted octanol–water partition coefficient (Wildman–Crippen LogP) is 0.805. The molecule has 1 fully saturated rings. The third kappa shape index (κ3) is 4.47. The van der Waals surface area contributed by atoms with Gasteiger partial charge in [0.1, 0.15) is 6.23 Å². The summed E-state index contributed by atoms with van der Waals surface area (Å²) in [5.41, 5.74) is 5.84. The van der Waals surface area contributed by atoms with Crippen molar-refractivity contribution in [2.24, 2.45) is 5.73 Å². The zero-order valence-corrected chi connectivity index (χ0v) is 10.3. The van der Waals surface area contributed by atoms with Crippen LogP contribution in [0.2, 0.25) is 0 Å². The second kappa shape index (κ2) is 5.80. The zero-order chi connectivity index (χ0) is 11.4. The molecule has 0 amide bonds. The molecule has 0 saturated carbocycles. The van der Waals surface area contributed by atoms with Crippen LogP contribution in [0, 0.1) is 0 Å². The van der Waals surface area contributed by atoms with Gasteiger partial charge in [-0.2, -0.15) is 0 Å². The van der Waals surface area contributed by atoms with Gasteiger partial charge in [0.05, 0.1) is 18.8 Å². The lowest BCUT2D eigenvalue weighted by Gasteiger charge is -2.38. The molecule has 1 aliphatic rings. The normalized spacial score (nSPS) is 29.0. The van der Waals surface area contributed by atoms with E-state index in [-0.39, 0.29) is 18.4 Å². The minimum Gasteiger partial charge on any atom is -0.376 e. The summed E-state index contributed by atoms with van der Waals surface area (Å²) in [6.45, 7) is 10.8. The van der Waals surface area contributed by atoms with Gasteiger partial charge in [0.15, 0.2) is 0 Å². The number of nitrogens with zero attached hydrogens (tertiary/aromatic N) is 1. The second-order valence-electron chi connectivity index (χ2n) is 4.73. The van der Waals surface area contributed by atoms with Gasteiger partial charge in [-0.25, -0.2) is 0 Å². The van der Waals surface area contributed by atoms with E-state index in [1.165, 1.54) is 0 Å². The van der Waals surface area contributed by atoms with E-state index in [9.17, 15) is 0 Å². The molecule has 15 heavy (non-hydrogen) atoms. The zero-order valence-electron chi connectivity index (χ0n) is 10.3. The first-order chi connectivity index (χ1) is 6.99. The number of hydrogen-bond acceptors (Lipinski definition) is 4. The molecular formula is C11H24N2O2. The highest BCUT2D eigenvalue weighted by Gasteiger charge is 2.27. The fraction of sp³-hybridized carbons (Fsp3) is 1.00. The lowest BCUT2D eigenvalue weighted by atomic mass is 10.2. The maximum atomic E-state index is 5.84. The molecule has 2 atom stereocenters. The molecule has 2 unspecified atom stereocenters. The van der Waals surface area contributed by atoms with Crippen LogP contribution >= 0.6 is 0 Å². The monoisotopic (exact) mass is 216 g/mol. The molecule has 0 radical (unpaired) electrons. The molecule has 0 aliphatic carbocycles. The van der Waals surface area contributed by atoms with Crippen molar-refractivity contribution in [3.05, 3.63) is 0 Å². The van der Waals surface area contributed by atoms with Gasteiger partial charge < -0.3 is 15.2 Å². The highest BCUT2D eigenvalue weighted by molar-refractivity contribution is 4.77. The molecule has 4 nitrogen and oxygen atoms in total. The number of morpholine rings is 1. The van der Waals surface area contributed by atoms with Crippen molar-refractivity contribution >= 4 is 0 Å². The van der Waals surface area contributed by atoms with Crippen LogP contribution in [0.4, 0.5) is 0 Å². The van der Waals surface area contributed by atoms with Gasteiger partial charge in [-0.3, -0.25) is 4.90 Å². The molecular weight excluding hydrogens is 192 g/mol. The summed E-state index contributed by atoms with van der Waals surface area (Å²) in [5.74, 6) is 0. The van der Waals surface area contributed by atoms with Crippen molar-refractivity contribution in [1.82, 2.24) is 4.90 Å². The molecule has 0 aromatic carbocycles. The summed E-state index contributed by atoms with van der Waals surface area (Å²) in [5, 5.41) is 0. The van der Waals surface area contributed by atoms with E-state index in [1.54, 1.807) is 0 Å². The van der Waals surface area contributed by atoms with E-state index >= 15 is 0 Å². The second-order valence-corrected chi connectivity index (χ2v) is 4.73. The maximum absolute atomic E-state index is 5.84. The predicted molar refractivity (Wildman–Crippen MR) is 60.6 cm³/mol. The first kappa shape index (κ1) is 12.9. The third-order valence-electron chi connectivity index (χ3n) is 2.57. The average Bonchev–Trinajstić information content (AvgIpc) is 2.13. The number of ether oxygens (including phenoxy) is 2. The summed E-state index contributed by atoms with van der Waals surface area (Å²) in [6.07, 6.45) is 0.180. The number of hydrogen-bond donors (Lipinski definition) is 1. The van der Waals surface area contributed by atoms with Crippen molar-refractivity contribution in [1.29, 1.82) is 0 Å². The molecule has 1 aliphatic heterocycles. The Kier molecular flexibility index (Phi) is 4.99. The Morgan fingerprint density at radius 1 is 1.33 bits per heavy atom. The molecule has 0 aromatic heterocycles. The minimum atomic E-state index is -0.179. The van der Waals surface area contributed by atoms with Crippen LogP contribution in [-0.2, 0) is 9.47 Å². The molecule has 90 valence electrons. The van der Waals surface area contributed by atoms with E-state index in [4.69, 9.17) is 15.2 Å². The smallest absolute Gasteiger partial charge is 0.119 e.